The zero-order chi connectivity index (χ0) is 21.5. The minimum atomic E-state index is -0.0434. The van der Waals surface area contributed by atoms with E-state index in [4.69, 9.17) is 4.74 Å². The molecule has 0 aliphatic carbocycles. The quantitative estimate of drug-likeness (QED) is 0.546. The van der Waals surface area contributed by atoms with Gasteiger partial charge in [0.15, 0.2) is 11.0 Å². The summed E-state index contributed by atoms with van der Waals surface area (Å²) in [5.41, 5.74) is 2.08. The normalized spacial score (nSPS) is 15.5. The topological polar surface area (TPSA) is 72.3 Å². The van der Waals surface area contributed by atoms with E-state index in [0.29, 0.717) is 6.54 Å². The SMILES string of the molecule is C[C@H](NC(=O)CSc1nnc(CN2CCOCC2)n1-c1ccccc1)c1ccccc1. The van der Waals surface area contributed by atoms with Crippen LogP contribution in [0.2, 0.25) is 0 Å². The van der Waals surface area contributed by atoms with Gasteiger partial charge in [0.05, 0.1) is 31.6 Å². The summed E-state index contributed by atoms with van der Waals surface area (Å²) in [7, 11) is 0. The van der Waals surface area contributed by atoms with Crippen molar-refractivity contribution in [2.24, 2.45) is 0 Å². The minimum Gasteiger partial charge on any atom is -0.379 e. The molecule has 0 bridgehead atoms. The summed E-state index contributed by atoms with van der Waals surface area (Å²) in [5.74, 6) is 1.12. The molecule has 1 aliphatic heterocycles. The van der Waals surface area contributed by atoms with Gasteiger partial charge in [0, 0.05) is 18.8 Å². The molecule has 2 heterocycles. The third kappa shape index (κ3) is 5.72. The molecular weight excluding hydrogens is 410 g/mol. The van der Waals surface area contributed by atoms with Crippen molar-refractivity contribution >= 4 is 17.7 Å². The maximum Gasteiger partial charge on any atom is 0.230 e. The molecule has 1 aromatic heterocycles. The molecule has 4 rings (SSSR count). The molecule has 2 aromatic carbocycles. The Kier molecular flexibility index (Phi) is 7.35. The van der Waals surface area contributed by atoms with Gasteiger partial charge >= 0.3 is 0 Å². The smallest absolute Gasteiger partial charge is 0.230 e. The summed E-state index contributed by atoms with van der Waals surface area (Å²) >= 11 is 1.40. The van der Waals surface area contributed by atoms with Gasteiger partial charge in [-0.15, -0.1) is 10.2 Å². The van der Waals surface area contributed by atoms with Crippen molar-refractivity contribution in [1.82, 2.24) is 25.0 Å². The van der Waals surface area contributed by atoms with Crippen molar-refractivity contribution in [3.8, 4) is 5.69 Å². The van der Waals surface area contributed by atoms with Gasteiger partial charge in [-0.2, -0.15) is 0 Å². The van der Waals surface area contributed by atoms with Crippen LogP contribution >= 0.6 is 11.8 Å². The highest BCUT2D eigenvalue weighted by molar-refractivity contribution is 7.99. The number of thioether (sulfide) groups is 1. The van der Waals surface area contributed by atoms with Crippen molar-refractivity contribution in [3.05, 3.63) is 72.1 Å². The number of benzene rings is 2. The Morgan fingerprint density at radius 3 is 2.45 bits per heavy atom. The lowest BCUT2D eigenvalue weighted by atomic mass is 10.1. The standard InChI is InChI=1S/C23H27N5O2S/c1-18(19-8-4-2-5-9-19)24-22(29)17-31-23-26-25-21(16-27-12-14-30-15-13-27)28(23)20-10-6-3-7-11-20/h2-11,18H,12-17H2,1H3,(H,24,29)/t18-/m0/s1. The Hall–Kier alpha value is -2.68. The van der Waals surface area contributed by atoms with Crippen LogP contribution in [0.5, 0.6) is 0 Å². The molecule has 1 saturated heterocycles. The fourth-order valence-electron chi connectivity index (χ4n) is 3.53. The highest BCUT2D eigenvalue weighted by atomic mass is 32.2. The van der Waals surface area contributed by atoms with E-state index in [1.807, 2.05) is 72.2 Å². The van der Waals surface area contributed by atoms with Crippen molar-refractivity contribution < 1.29 is 9.53 Å². The van der Waals surface area contributed by atoms with Gasteiger partial charge in [0.1, 0.15) is 0 Å². The van der Waals surface area contributed by atoms with Crippen molar-refractivity contribution in [2.75, 3.05) is 32.1 Å². The first kappa shape index (κ1) is 21.5. The molecule has 1 amide bonds. The van der Waals surface area contributed by atoms with Gasteiger partial charge in [-0.25, -0.2) is 0 Å². The van der Waals surface area contributed by atoms with Crippen molar-refractivity contribution in [2.45, 2.75) is 24.7 Å². The van der Waals surface area contributed by atoms with Crippen molar-refractivity contribution in [1.29, 1.82) is 0 Å². The lowest BCUT2D eigenvalue weighted by molar-refractivity contribution is -0.119. The molecule has 0 radical (unpaired) electrons. The van der Waals surface area contributed by atoms with Gasteiger partial charge in [-0.05, 0) is 24.6 Å². The number of amides is 1. The van der Waals surface area contributed by atoms with Crippen LogP contribution in [-0.4, -0.2) is 57.6 Å². The second-order valence-corrected chi connectivity index (χ2v) is 8.39. The van der Waals surface area contributed by atoms with E-state index >= 15 is 0 Å². The number of morpholine rings is 1. The average molecular weight is 438 g/mol. The molecule has 0 spiro atoms. The monoisotopic (exact) mass is 437 g/mol. The lowest BCUT2D eigenvalue weighted by Gasteiger charge is -2.26. The second-order valence-electron chi connectivity index (χ2n) is 7.45. The van der Waals surface area contributed by atoms with Crippen LogP contribution in [0.1, 0.15) is 24.4 Å². The van der Waals surface area contributed by atoms with E-state index in [-0.39, 0.29) is 17.7 Å². The van der Waals surface area contributed by atoms with Gasteiger partial charge in [-0.3, -0.25) is 14.3 Å². The Labute approximate surface area is 186 Å². The van der Waals surface area contributed by atoms with Crippen LogP contribution in [0.15, 0.2) is 65.8 Å². The first-order chi connectivity index (χ1) is 15.2. The first-order valence-electron chi connectivity index (χ1n) is 10.5. The molecule has 8 heteroatoms. The van der Waals surface area contributed by atoms with Gasteiger partial charge in [0.25, 0.3) is 0 Å². The first-order valence-corrected chi connectivity index (χ1v) is 11.5. The molecular formula is C23H27N5O2S. The summed E-state index contributed by atoms with van der Waals surface area (Å²) in [4.78, 5) is 14.9. The van der Waals surface area contributed by atoms with E-state index in [0.717, 1.165) is 48.5 Å². The summed E-state index contributed by atoms with van der Waals surface area (Å²) in [6, 6.07) is 20.0. The third-order valence-electron chi connectivity index (χ3n) is 5.19. The third-order valence-corrected chi connectivity index (χ3v) is 6.12. The zero-order valence-corrected chi connectivity index (χ0v) is 18.4. The summed E-state index contributed by atoms with van der Waals surface area (Å²) in [5, 5.41) is 12.6. The van der Waals surface area contributed by atoms with Crippen LogP contribution in [0.3, 0.4) is 0 Å². The summed E-state index contributed by atoms with van der Waals surface area (Å²) in [6.07, 6.45) is 0. The van der Waals surface area contributed by atoms with E-state index in [9.17, 15) is 4.79 Å². The number of nitrogens with zero attached hydrogens (tertiary/aromatic N) is 4. The van der Waals surface area contributed by atoms with E-state index in [1.165, 1.54) is 11.8 Å². The predicted octanol–water partition coefficient (Wildman–Crippen LogP) is 3.07. The molecule has 1 fully saturated rings. The van der Waals surface area contributed by atoms with Gasteiger partial charge in [0.2, 0.25) is 5.91 Å². The highest BCUT2D eigenvalue weighted by Gasteiger charge is 2.20. The number of hydrogen-bond donors (Lipinski definition) is 1. The van der Waals surface area contributed by atoms with E-state index < -0.39 is 0 Å². The maximum absolute atomic E-state index is 12.6. The molecule has 1 N–H and O–H groups in total. The maximum atomic E-state index is 12.6. The second kappa shape index (κ2) is 10.6. The Morgan fingerprint density at radius 1 is 1.06 bits per heavy atom. The highest BCUT2D eigenvalue weighted by Crippen LogP contribution is 2.23. The van der Waals surface area contributed by atoms with E-state index in [2.05, 4.69) is 20.4 Å². The fourth-order valence-corrected chi connectivity index (χ4v) is 4.31. The van der Waals surface area contributed by atoms with Gasteiger partial charge in [-0.1, -0.05) is 60.3 Å². The van der Waals surface area contributed by atoms with Crippen LogP contribution in [-0.2, 0) is 16.1 Å². The number of nitrogens with one attached hydrogen (secondary N) is 1. The predicted molar refractivity (Wildman–Crippen MR) is 121 cm³/mol. The fraction of sp³-hybridized carbons (Fsp3) is 0.348. The van der Waals surface area contributed by atoms with Crippen LogP contribution in [0, 0.1) is 0 Å². The Morgan fingerprint density at radius 2 is 1.74 bits per heavy atom. The number of rotatable bonds is 8. The van der Waals surface area contributed by atoms with Crippen molar-refractivity contribution in [3.63, 3.8) is 0 Å². The molecule has 0 unspecified atom stereocenters. The zero-order valence-electron chi connectivity index (χ0n) is 17.6. The molecule has 7 nitrogen and oxygen atoms in total. The summed E-state index contributed by atoms with van der Waals surface area (Å²) in [6.45, 7) is 5.92. The Bertz CT molecular complexity index is 974. The number of ether oxygens (including phenoxy) is 1. The number of aromatic nitrogens is 3. The minimum absolute atomic E-state index is 0.0290. The molecule has 31 heavy (non-hydrogen) atoms. The van der Waals surface area contributed by atoms with Crippen LogP contribution in [0.25, 0.3) is 5.69 Å². The number of hydrogen-bond acceptors (Lipinski definition) is 6. The number of carbonyl (C=O) groups is 1. The number of carbonyl (C=O) groups excluding carboxylic acids is 1. The molecule has 1 aliphatic rings. The van der Waals surface area contributed by atoms with E-state index in [1.54, 1.807) is 0 Å². The average Bonchev–Trinajstić information content (AvgIpc) is 3.22. The van der Waals surface area contributed by atoms with Crippen LogP contribution in [0.4, 0.5) is 0 Å². The molecule has 162 valence electrons. The number of para-hydroxylation sites is 1. The molecule has 0 saturated carbocycles. The molecule has 3 aromatic rings. The lowest BCUT2D eigenvalue weighted by Crippen LogP contribution is -2.36. The largest absolute Gasteiger partial charge is 0.379 e. The Balaban J connectivity index is 1.45. The molecule has 1 atom stereocenters. The van der Waals surface area contributed by atoms with Gasteiger partial charge < -0.3 is 10.1 Å². The van der Waals surface area contributed by atoms with Crippen LogP contribution < -0.4 is 5.32 Å². The summed E-state index contributed by atoms with van der Waals surface area (Å²) < 4.78 is 7.50.